The van der Waals surface area contributed by atoms with E-state index in [2.05, 4.69) is 44.3 Å². The van der Waals surface area contributed by atoms with Crippen LogP contribution >= 0.6 is 11.3 Å². The molecule has 0 fully saturated rings. The number of hydrogen-bond acceptors (Lipinski definition) is 3. The lowest BCUT2D eigenvalue weighted by molar-refractivity contribution is 0.587. The van der Waals surface area contributed by atoms with Crippen LogP contribution in [0.15, 0.2) is 18.2 Å². The Bertz CT molecular complexity index is 508. The standard InChI is InChI=1S/C14H20N2S/c1-14(2,3)13-16-11-6-5-10(7-8-15-4)9-12(11)17-13/h5-6,9,15H,7-8H2,1-4H3. The topological polar surface area (TPSA) is 24.9 Å². The highest BCUT2D eigenvalue weighted by atomic mass is 32.1. The van der Waals surface area contributed by atoms with Crippen LogP contribution in [-0.4, -0.2) is 18.6 Å². The molecule has 0 spiro atoms. The van der Waals surface area contributed by atoms with Crippen LogP contribution in [-0.2, 0) is 11.8 Å². The van der Waals surface area contributed by atoms with Gasteiger partial charge in [-0.25, -0.2) is 4.98 Å². The molecule has 1 heterocycles. The fourth-order valence-electron chi connectivity index (χ4n) is 1.71. The maximum absolute atomic E-state index is 4.71. The van der Waals surface area contributed by atoms with E-state index in [0.717, 1.165) is 18.5 Å². The van der Waals surface area contributed by atoms with Gasteiger partial charge in [0.15, 0.2) is 0 Å². The Kier molecular flexibility index (Phi) is 3.50. The summed E-state index contributed by atoms with van der Waals surface area (Å²) < 4.78 is 1.31. The molecule has 2 aromatic rings. The van der Waals surface area contributed by atoms with Crippen molar-refractivity contribution in [2.45, 2.75) is 32.6 Å². The first-order valence-electron chi connectivity index (χ1n) is 6.05. The number of hydrogen-bond donors (Lipinski definition) is 1. The van der Waals surface area contributed by atoms with Gasteiger partial charge in [-0.2, -0.15) is 0 Å². The highest BCUT2D eigenvalue weighted by Crippen LogP contribution is 2.31. The second-order valence-corrected chi connectivity index (χ2v) is 6.46. The molecule has 0 bridgehead atoms. The molecule has 92 valence electrons. The third kappa shape index (κ3) is 2.85. The molecular weight excluding hydrogens is 228 g/mol. The van der Waals surface area contributed by atoms with Crippen molar-refractivity contribution in [1.82, 2.24) is 10.3 Å². The van der Waals surface area contributed by atoms with Gasteiger partial charge in [0.25, 0.3) is 0 Å². The van der Waals surface area contributed by atoms with Gasteiger partial charge >= 0.3 is 0 Å². The minimum absolute atomic E-state index is 0.148. The Labute approximate surface area is 107 Å². The third-order valence-corrected chi connectivity index (χ3v) is 4.20. The molecule has 0 aliphatic carbocycles. The fourth-order valence-corrected chi connectivity index (χ4v) is 2.80. The largest absolute Gasteiger partial charge is 0.319 e. The molecule has 3 heteroatoms. The van der Waals surface area contributed by atoms with Gasteiger partial charge in [-0.1, -0.05) is 26.8 Å². The van der Waals surface area contributed by atoms with Crippen LogP contribution in [0.2, 0.25) is 0 Å². The van der Waals surface area contributed by atoms with Gasteiger partial charge in [-0.3, -0.25) is 0 Å². The predicted molar refractivity (Wildman–Crippen MR) is 76.0 cm³/mol. The van der Waals surface area contributed by atoms with E-state index in [4.69, 9.17) is 4.98 Å². The molecule has 0 amide bonds. The number of rotatable bonds is 3. The number of likely N-dealkylation sites (N-methyl/N-ethyl adjacent to an activating group) is 1. The van der Waals surface area contributed by atoms with Crippen molar-refractivity contribution in [2.75, 3.05) is 13.6 Å². The molecule has 0 aliphatic rings. The molecule has 0 saturated heterocycles. The van der Waals surface area contributed by atoms with Crippen LogP contribution in [0.5, 0.6) is 0 Å². The molecule has 2 rings (SSSR count). The molecular formula is C14H20N2S. The van der Waals surface area contributed by atoms with Gasteiger partial charge in [-0.15, -0.1) is 11.3 Å². The molecule has 1 N–H and O–H groups in total. The van der Waals surface area contributed by atoms with Crippen molar-refractivity contribution >= 4 is 21.6 Å². The number of thiazole rings is 1. The summed E-state index contributed by atoms with van der Waals surface area (Å²) in [5, 5.41) is 4.40. The Balaban J connectivity index is 2.34. The van der Waals surface area contributed by atoms with E-state index >= 15 is 0 Å². The Hall–Kier alpha value is -0.930. The van der Waals surface area contributed by atoms with Crippen molar-refractivity contribution in [3.8, 4) is 0 Å². The monoisotopic (exact) mass is 248 g/mol. The van der Waals surface area contributed by atoms with E-state index in [1.165, 1.54) is 15.3 Å². The van der Waals surface area contributed by atoms with Crippen molar-refractivity contribution in [2.24, 2.45) is 0 Å². The number of nitrogens with one attached hydrogen (secondary N) is 1. The Morgan fingerprint density at radius 3 is 2.71 bits per heavy atom. The second-order valence-electron chi connectivity index (χ2n) is 5.42. The summed E-state index contributed by atoms with van der Waals surface area (Å²) in [6.07, 6.45) is 1.08. The lowest BCUT2D eigenvalue weighted by Crippen LogP contribution is -2.10. The van der Waals surface area contributed by atoms with Gasteiger partial charge in [0.2, 0.25) is 0 Å². The van der Waals surface area contributed by atoms with Crippen molar-refractivity contribution in [1.29, 1.82) is 0 Å². The summed E-state index contributed by atoms with van der Waals surface area (Å²) in [6.45, 7) is 7.67. The van der Waals surface area contributed by atoms with Crippen LogP contribution in [0, 0.1) is 0 Å². The zero-order chi connectivity index (χ0) is 12.5. The zero-order valence-electron chi connectivity index (χ0n) is 11.0. The maximum Gasteiger partial charge on any atom is 0.0992 e. The normalized spacial score (nSPS) is 12.2. The van der Waals surface area contributed by atoms with Gasteiger partial charge in [0.05, 0.1) is 15.2 Å². The first-order chi connectivity index (χ1) is 8.00. The SMILES string of the molecule is CNCCc1ccc2nc(C(C)(C)C)sc2c1. The molecule has 1 aromatic heterocycles. The number of aromatic nitrogens is 1. The van der Waals surface area contributed by atoms with Crippen LogP contribution < -0.4 is 5.32 Å². The molecule has 0 aliphatic heterocycles. The molecule has 0 saturated carbocycles. The first kappa shape index (κ1) is 12.5. The van der Waals surface area contributed by atoms with E-state index in [1.54, 1.807) is 0 Å². The van der Waals surface area contributed by atoms with Crippen molar-refractivity contribution in [3.05, 3.63) is 28.8 Å². The summed E-state index contributed by atoms with van der Waals surface area (Å²) in [5.41, 5.74) is 2.67. The summed E-state index contributed by atoms with van der Waals surface area (Å²) >= 11 is 1.82. The summed E-state index contributed by atoms with van der Waals surface area (Å²) in [7, 11) is 1.99. The predicted octanol–water partition coefficient (Wildman–Crippen LogP) is 3.36. The summed E-state index contributed by atoms with van der Waals surface area (Å²) in [4.78, 5) is 4.71. The zero-order valence-corrected chi connectivity index (χ0v) is 11.8. The second kappa shape index (κ2) is 4.75. The molecule has 2 nitrogen and oxygen atoms in total. The third-order valence-electron chi connectivity index (χ3n) is 2.76. The molecule has 0 radical (unpaired) electrons. The van der Waals surface area contributed by atoms with E-state index < -0.39 is 0 Å². The van der Waals surface area contributed by atoms with Crippen LogP contribution in [0.25, 0.3) is 10.2 Å². The fraction of sp³-hybridized carbons (Fsp3) is 0.500. The highest BCUT2D eigenvalue weighted by molar-refractivity contribution is 7.18. The number of benzene rings is 1. The molecule has 17 heavy (non-hydrogen) atoms. The van der Waals surface area contributed by atoms with Crippen molar-refractivity contribution in [3.63, 3.8) is 0 Å². The quantitative estimate of drug-likeness (QED) is 0.901. The summed E-state index contributed by atoms with van der Waals surface area (Å²) in [5.74, 6) is 0. The lowest BCUT2D eigenvalue weighted by atomic mass is 9.98. The van der Waals surface area contributed by atoms with E-state index in [9.17, 15) is 0 Å². The van der Waals surface area contributed by atoms with Crippen LogP contribution in [0.4, 0.5) is 0 Å². The Morgan fingerprint density at radius 2 is 2.06 bits per heavy atom. The Morgan fingerprint density at radius 1 is 1.29 bits per heavy atom. The molecule has 0 unspecified atom stereocenters. The van der Waals surface area contributed by atoms with Gasteiger partial charge in [0.1, 0.15) is 0 Å². The molecule has 0 atom stereocenters. The van der Waals surface area contributed by atoms with E-state index in [-0.39, 0.29) is 5.41 Å². The number of nitrogens with zero attached hydrogens (tertiary/aromatic N) is 1. The maximum atomic E-state index is 4.71. The molecule has 1 aromatic carbocycles. The minimum atomic E-state index is 0.148. The average Bonchev–Trinajstić information content (AvgIpc) is 2.68. The van der Waals surface area contributed by atoms with Crippen molar-refractivity contribution < 1.29 is 0 Å². The van der Waals surface area contributed by atoms with E-state index in [0.29, 0.717) is 0 Å². The van der Waals surface area contributed by atoms with E-state index in [1.807, 2.05) is 18.4 Å². The highest BCUT2D eigenvalue weighted by Gasteiger charge is 2.18. The van der Waals surface area contributed by atoms with Crippen LogP contribution in [0.3, 0.4) is 0 Å². The minimum Gasteiger partial charge on any atom is -0.319 e. The first-order valence-corrected chi connectivity index (χ1v) is 6.87. The van der Waals surface area contributed by atoms with Gasteiger partial charge in [0, 0.05) is 5.41 Å². The smallest absolute Gasteiger partial charge is 0.0992 e. The lowest BCUT2D eigenvalue weighted by Gasteiger charge is -2.13. The van der Waals surface area contributed by atoms with Gasteiger partial charge in [-0.05, 0) is 37.7 Å². The average molecular weight is 248 g/mol. The number of fused-ring (bicyclic) bond motifs is 1. The van der Waals surface area contributed by atoms with Crippen LogP contribution in [0.1, 0.15) is 31.3 Å². The van der Waals surface area contributed by atoms with Gasteiger partial charge < -0.3 is 5.32 Å². The summed E-state index contributed by atoms with van der Waals surface area (Å²) in [6, 6.07) is 6.61.